The Kier molecular flexibility index (Phi) is 5.50. The van der Waals surface area contributed by atoms with Crippen LogP contribution in [0.2, 0.25) is 0 Å². The Labute approximate surface area is 121 Å². The van der Waals surface area contributed by atoms with Gasteiger partial charge in [0.15, 0.2) is 0 Å². The van der Waals surface area contributed by atoms with Gasteiger partial charge in [0.1, 0.15) is 0 Å². The second-order valence-corrected chi connectivity index (χ2v) is 5.04. The molecule has 0 aliphatic rings. The van der Waals surface area contributed by atoms with Crippen molar-refractivity contribution in [3.63, 3.8) is 0 Å². The Bertz CT molecular complexity index is 546. The van der Waals surface area contributed by atoms with Crippen LogP contribution in [-0.4, -0.2) is 24.7 Å². The summed E-state index contributed by atoms with van der Waals surface area (Å²) < 4.78 is 5.65. The molecule has 2 aromatic rings. The van der Waals surface area contributed by atoms with Gasteiger partial charge in [-0.15, -0.1) is 0 Å². The van der Waals surface area contributed by atoms with Crippen LogP contribution in [0.1, 0.15) is 37.6 Å². The number of benzene rings is 1. The van der Waals surface area contributed by atoms with E-state index in [1.54, 1.807) is 0 Å². The summed E-state index contributed by atoms with van der Waals surface area (Å²) in [5.41, 5.74) is 3.40. The van der Waals surface area contributed by atoms with Crippen molar-refractivity contribution in [2.75, 3.05) is 19.8 Å². The van der Waals surface area contributed by atoms with E-state index in [1.807, 2.05) is 19.9 Å². The first kappa shape index (κ1) is 14.9. The van der Waals surface area contributed by atoms with Crippen LogP contribution >= 0.6 is 0 Å². The topological polar surface area (TPSA) is 34.1 Å². The smallest absolute Gasteiger partial charge is 0.0708 e. The van der Waals surface area contributed by atoms with Crippen LogP contribution in [0, 0.1) is 6.92 Å². The Morgan fingerprint density at radius 3 is 2.80 bits per heavy atom. The molecular formula is C17H24N2O. The van der Waals surface area contributed by atoms with Crippen molar-refractivity contribution in [1.82, 2.24) is 10.3 Å². The maximum atomic E-state index is 5.65. The summed E-state index contributed by atoms with van der Waals surface area (Å²) in [5, 5.41) is 4.80. The maximum Gasteiger partial charge on any atom is 0.0708 e. The quantitative estimate of drug-likeness (QED) is 0.836. The average Bonchev–Trinajstić information content (AvgIpc) is 2.46. The lowest BCUT2D eigenvalue weighted by Crippen LogP contribution is -2.26. The molecule has 2 rings (SSSR count). The highest BCUT2D eigenvalue weighted by Gasteiger charge is 2.15. The fourth-order valence-electron chi connectivity index (χ4n) is 2.44. The Hall–Kier alpha value is -1.45. The predicted molar refractivity (Wildman–Crippen MR) is 84.0 cm³/mol. The molecule has 1 atom stereocenters. The highest BCUT2D eigenvalue weighted by molar-refractivity contribution is 5.82. The molecule has 0 radical (unpaired) electrons. The number of nitrogens with zero attached hydrogens (tertiary/aromatic N) is 1. The zero-order valence-electron chi connectivity index (χ0n) is 12.6. The van der Waals surface area contributed by atoms with E-state index in [4.69, 9.17) is 4.74 Å². The summed E-state index contributed by atoms with van der Waals surface area (Å²) in [6, 6.07) is 10.7. The molecule has 3 nitrogen and oxygen atoms in total. The molecule has 1 aromatic heterocycles. The molecule has 3 heteroatoms. The first-order chi connectivity index (χ1) is 9.76. The van der Waals surface area contributed by atoms with Gasteiger partial charge < -0.3 is 10.1 Å². The molecule has 1 unspecified atom stereocenters. The normalized spacial score (nSPS) is 12.8. The molecule has 0 aliphatic carbocycles. The van der Waals surface area contributed by atoms with Gasteiger partial charge in [-0.25, -0.2) is 0 Å². The van der Waals surface area contributed by atoms with Crippen molar-refractivity contribution in [1.29, 1.82) is 0 Å². The van der Waals surface area contributed by atoms with E-state index in [1.165, 1.54) is 10.9 Å². The summed E-state index contributed by atoms with van der Waals surface area (Å²) in [6.07, 6.45) is 1.12. The van der Waals surface area contributed by atoms with Crippen LogP contribution in [0.5, 0.6) is 0 Å². The van der Waals surface area contributed by atoms with Crippen molar-refractivity contribution in [2.45, 2.75) is 33.2 Å². The zero-order chi connectivity index (χ0) is 14.4. The molecule has 1 aromatic carbocycles. The number of fused-ring (bicyclic) bond motifs is 1. The van der Waals surface area contributed by atoms with E-state index in [-0.39, 0.29) is 6.04 Å². The molecule has 0 bridgehead atoms. The minimum atomic E-state index is 0.224. The Morgan fingerprint density at radius 2 is 2.05 bits per heavy atom. The number of aromatic nitrogens is 1. The van der Waals surface area contributed by atoms with Crippen molar-refractivity contribution < 1.29 is 4.74 Å². The maximum absolute atomic E-state index is 5.65. The molecule has 20 heavy (non-hydrogen) atoms. The number of hydrogen-bond donors (Lipinski definition) is 1. The lowest BCUT2D eigenvalue weighted by Gasteiger charge is -2.21. The molecule has 0 saturated carbocycles. The standard InChI is InChI=1S/C17H24N2O/c1-4-10-18-17(12-20-5-2)15-11-13(3)19-16-9-7-6-8-14(15)16/h6-9,11,17-18H,4-5,10,12H2,1-3H3. The first-order valence-corrected chi connectivity index (χ1v) is 7.43. The van der Waals surface area contributed by atoms with Crippen LogP contribution in [0.4, 0.5) is 0 Å². The van der Waals surface area contributed by atoms with E-state index in [0.29, 0.717) is 6.61 Å². The van der Waals surface area contributed by atoms with Gasteiger partial charge in [0.2, 0.25) is 0 Å². The summed E-state index contributed by atoms with van der Waals surface area (Å²) in [7, 11) is 0. The molecular weight excluding hydrogens is 248 g/mol. The van der Waals surface area contributed by atoms with Crippen LogP contribution in [0.25, 0.3) is 10.9 Å². The summed E-state index contributed by atoms with van der Waals surface area (Å²) in [6.45, 7) is 8.70. The minimum absolute atomic E-state index is 0.224. The van der Waals surface area contributed by atoms with Gasteiger partial charge in [0.05, 0.1) is 18.2 Å². The number of rotatable bonds is 7. The van der Waals surface area contributed by atoms with Gasteiger partial charge in [-0.1, -0.05) is 25.1 Å². The van der Waals surface area contributed by atoms with Crippen molar-refractivity contribution in [3.05, 3.63) is 41.6 Å². The Morgan fingerprint density at radius 1 is 1.25 bits per heavy atom. The predicted octanol–water partition coefficient (Wildman–Crippen LogP) is 3.62. The molecule has 0 fully saturated rings. The average molecular weight is 272 g/mol. The molecule has 0 amide bonds. The lowest BCUT2D eigenvalue weighted by atomic mass is 10.0. The summed E-state index contributed by atoms with van der Waals surface area (Å²) >= 11 is 0. The van der Waals surface area contributed by atoms with E-state index < -0.39 is 0 Å². The fourth-order valence-corrected chi connectivity index (χ4v) is 2.44. The second-order valence-electron chi connectivity index (χ2n) is 5.04. The van der Waals surface area contributed by atoms with E-state index in [2.05, 4.69) is 41.5 Å². The third kappa shape index (κ3) is 3.56. The van der Waals surface area contributed by atoms with Crippen molar-refractivity contribution in [2.24, 2.45) is 0 Å². The number of hydrogen-bond acceptors (Lipinski definition) is 3. The van der Waals surface area contributed by atoms with E-state index in [0.717, 1.165) is 30.8 Å². The molecule has 0 aliphatic heterocycles. The molecule has 1 heterocycles. The van der Waals surface area contributed by atoms with Crippen molar-refractivity contribution >= 4 is 10.9 Å². The minimum Gasteiger partial charge on any atom is -0.380 e. The van der Waals surface area contributed by atoms with Gasteiger partial charge in [-0.05, 0) is 44.5 Å². The van der Waals surface area contributed by atoms with Crippen LogP contribution < -0.4 is 5.32 Å². The second kappa shape index (κ2) is 7.36. The fraction of sp³-hybridized carbons (Fsp3) is 0.471. The molecule has 0 saturated heterocycles. The number of pyridine rings is 1. The number of para-hydroxylation sites is 1. The highest BCUT2D eigenvalue weighted by Crippen LogP contribution is 2.24. The van der Waals surface area contributed by atoms with E-state index >= 15 is 0 Å². The number of nitrogens with one attached hydrogen (secondary N) is 1. The third-order valence-corrected chi connectivity index (χ3v) is 3.38. The number of aryl methyl sites for hydroxylation is 1. The molecule has 108 valence electrons. The van der Waals surface area contributed by atoms with Crippen molar-refractivity contribution in [3.8, 4) is 0 Å². The number of ether oxygens (including phenoxy) is 1. The summed E-state index contributed by atoms with van der Waals surface area (Å²) in [4.78, 5) is 4.61. The van der Waals surface area contributed by atoms with Crippen LogP contribution in [-0.2, 0) is 4.74 Å². The van der Waals surface area contributed by atoms with Gasteiger partial charge in [-0.2, -0.15) is 0 Å². The van der Waals surface area contributed by atoms with Gasteiger partial charge in [0, 0.05) is 17.7 Å². The zero-order valence-corrected chi connectivity index (χ0v) is 12.6. The van der Waals surface area contributed by atoms with E-state index in [9.17, 15) is 0 Å². The lowest BCUT2D eigenvalue weighted by molar-refractivity contribution is 0.123. The first-order valence-electron chi connectivity index (χ1n) is 7.43. The van der Waals surface area contributed by atoms with Crippen LogP contribution in [0.15, 0.2) is 30.3 Å². The molecule has 1 N–H and O–H groups in total. The Balaban J connectivity index is 2.39. The SMILES string of the molecule is CCCNC(COCC)c1cc(C)nc2ccccc12. The largest absolute Gasteiger partial charge is 0.380 e. The molecule has 0 spiro atoms. The summed E-state index contributed by atoms with van der Waals surface area (Å²) in [5.74, 6) is 0. The van der Waals surface area contributed by atoms with Gasteiger partial charge in [-0.3, -0.25) is 4.98 Å². The third-order valence-electron chi connectivity index (χ3n) is 3.38. The van der Waals surface area contributed by atoms with Gasteiger partial charge in [0.25, 0.3) is 0 Å². The monoisotopic (exact) mass is 272 g/mol. The van der Waals surface area contributed by atoms with Crippen LogP contribution in [0.3, 0.4) is 0 Å². The van der Waals surface area contributed by atoms with Gasteiger partial charge >= 0.3 is 0 Å². The highest BCUT2D eigenvalue weighted by atomic mass is 16.5.